The number of ether oxygens (including phenoxy) is 1. The zero-order chi connectivity index (χ0) is 19.1. The van der Waals surface area contributed by atoms with E-state index in [0.717, 1.165) is 40.3 Å². The van der Waals surface area contributed by atoms with E-state index < -0.39 is 0 Å². The molecule has 2 N–H and O–H groups in total. The van der Waals surface area contributed by atoms with Crippen molar-refractivity contribution < 1.29 is 4.74 Å². The number of nitrogens with two attached hydrogens (primary N) is 1. The molecule has 0 unspecified atom stereocenters. The molecule has 3 aromatic heterocycles. The quantitative estimate of drug-likeness (QED) is 0.551. The van der Waals surface area contributed by atoms with E-state index in [2.05, 4.69) is 33.2 Å². The summed E-state index contributed by atoms with van der Waals surface area (Å²) in [4.78, 5) is 12.8. The fourth-order valence-electron chi connectivity index (χ4n) is 3.65. The monoisotopic (exact) mass is 391 g/mol. The van der Waals surface area contributed by atoms with Gasteiger partial charge in [0.2, 0.25) is 0 Å². The lowest BCUT2D eigenvalue weighted by molar-refractivity contribution is 0.0266. The van der Waals surface area contributed by atoms with Gasteiger partial charge in [-0.05, 0) is 36.6 Å². The van der Waals surface area contributed by atoms with Crippen molar-refractivity contribution in [3.05, 3.63) is 65.7 Å². The highest BCUT2D eigenvalue weighted by molar-refractivity contribution is 6.31. The third kappa shape index (κ3) is 3.10. The van der Waals surface area contributed by atoms with Crippen molar-refractivity contribution in [2.45, 2.75) is 25.2 Å². The van der Waals surface area contributed by atoms with E-state index in [0.29, 0.717) is 10.8 Å². The highest BCUT2D eigenvalue weighted by atomic mass is 35.5. The first-order valence-corrected chi connectivity index (χ1v) is 9.51. The average molecular weight is 392 g/mol. The first kappa shape index (κ1) is 17.2. The standard InChI is InChI=1S/C21H18ClN5O/c22-15-10-14-3-1-13(9-18(14)24-11-15)2-4-16-5-6-19(28-16)27-8-7-17-20(23)25-12-26-21(17)27/h1-4,7-12,16,19H,5-6H2,(H2,23,25,26)/b4-2+/t16-,19-/m1/s1. The van der Waals surface area contributed by atoms with Crippen molar-refractivity contribution in [2.24, 2.45) is 0 Å². The lowest BCUT2D eigenvalue weighted by Gasteiger charge is -2.14. The third-order valence-corrected chi connectivity index (χ3v) is 5.27. The molecule has 0 saturated carbocycles. The minimum absolute atomic E-state index is 0.0514. The largest absolute Gasteiger partial charge is 0.383 e. The van der Waals surface area contributed by atoms with Crippen LogP contribution < -0.4 is 5.73 Å². The van der Waals surface area contributed by atoms with Crippen molar-refractivity contribution in [1.29, 1.82) is 0 Å². The van der Waals surface area contributed by atoms with Gasteiger partial charge >= 0.3 is 0 Å². The van der Waals surface area contributed by atoms with Crippen LogP contribution in [0.5, 0.6) is 0 Å². The molecule has 0 radical (unpaired) electrons. The van der Waals surface area contributed by atoms with Crippen LogP contribution in [0.15, 0.2) is 55.1 Å². The number of anilines is 1. The number of nitrogens with zero attached hydrogens (tertiary/aromatic N) is 4. The van der Waals surface area contributed by atoms with Crippen LogP contribution in [0.3, 0.4) is 0 Å². The smallest absolute Gasteiger partial charge is 0.147 e. The number of benzene rings is 1. The number of halogens is 1. The summed E-state index contributed by atoms with van der Waals surface area (Å²) in [7, 11) is 0. The van der Waals surface area contributed by atoms with Gasteiger partial charge in [-0.1, -0.05) is 35.9 Å². The topological polar surface area (TPSA) is 78.9 Å². The van der Waals surface area contributed by atoms with E-state index in [1.54, 1.807) is 6.20 Å². The molecule has 6 nitrogen and oxygen atoms in total. The van der Waals surface area contributed by atoms with Gasteiger partial charge in [-0.2, -0.15) is 0 Å². The SMILES string of the molecule is Nc1ncnc2c1ccn2[C@H]1CC[C@@H](/C=C/c2ccc3cc(Cl)cnc3c2)O1. The zero-order valence-electron chi connectivity index (χ0n) is 15.0. The number of fused-ring (bicyclic) bond motifs is 2. The van der Waals surface area contributed by atoms with E-state index in [-0.39, 0.29) is 12.3 Å². The summed E-state index contributed by atoms with van der Waals surface area (Å²) in [5.41, 5.74) is 8.74. The van der Waals surface area contributed by atoms with Crippen LogP contribution in [-0.4, -0.2) is 25.6 Å². The highest BCUT2D eigenvalue weighted by Gasteiger charge is 2.26. The second-order valence-electron chi connectivity index (χ2n) is 6.89. The molecule has 4 aromatic rings. The highest BCUT2D eigenvalue weighted by Crippen LogP contribution is 2.32. The maximum Gasteiger partial charge on any atom is 0.147 e. The first-order valence-electron chi connectivity index (χ1n) is 9.13. The molecule has 1 fully saturated rings. The van der Waals surface area contributed by atoms with Gasteiger partial charge in [0.25, 0.3) is 0 Å². The predicted molar refractivity (Wildman–Crippen MR) is 111 cm³/mol. The Morgan fingerprint density at radius 2 is 2.07 bits per heavy atom. The number of hydrogen-bond acceptors (Lipinski definition) is 5. The summed E-state index contributed by atoms with van der Waals surface area (Å²) in [6.45, 7) is 0. The van der Waals surface area contributed by atoms with Crippen LogP contribution in [0.4, 0.5) is 5.82 Å². The van der Waals surface area contributed by atoms with E-state index in [9.17, 15) is 0 Å². The van der Waals surface area contributed by atoms with Crippen LogP contribution >= 0.6 is 11.6 Å². The van der Waals surface area contributed by atoms with Gasteiger partial charge in [0.1, 0.15) is 24.0 Å². The minimum atomic E-state index is -0.0538. The Labute approximate surface area is 166 Å². The van der Waals surface area contributed by atoms with E-state index in [1.807, 2.05) is 35.0 Å². The van der Waals surface area contributed by atoms with Crippen LogP contribution in [0, 0.1) is 0 Å². The summed E-state index contributed by atoms with van der Waals surface area (Å²) in [5, 5.41) is 2.53. The van der Waals surface area contributed by atoms with E-state index in [1.165, 1.54) is 6.33 Å². The number of hydrogen-bond donors (Lipinski definition) is 1. The Kier molecular flexibility index (Phi) is 4.22. The fraction of sp³-hybridized carbons (Fsp3) is 0.190. The summed E-state index contributed by atoms with van der Waals surface area (Å²) >= 11 is 6.00. The molecular weight excluding hydrogens is 374 g/mol. The molecule has 1 aliphatic heterocycles. The lowest BCUT2D eigenvalue weighted by Crippen LogP contribution is -2.09. The molecule has 2 atom stereocenters. The van der Waals surface area contributed by atoms with Crippen molar-refractivity contribution in [3.63, 3.8) is 0 Å². The molecule has 0 bridgehead atoms. The van der Waals surface area contributed by atoms with Gasteiger partial charge in [-0.15, -0.1) is 0 Å². The van der Waals surface area contributed by atoms with Gasteiger partial charge < -0.3 is 15.0 Å². The Morgan fingerprint density at radius 1 is 1.14 bits per heavy atom. The Bertz CT molecular complexity index is 1200. The van der Waals surface area contributed by atoms with Gasteiger partial charge in [-0.3, -0.25) is 4.98 Å². The van der Waals surface area contributed by atoms with E-state index >= 15 is 0 Å². The molecule has 1 saturated heterocycles. The Morgan fingerprint density at radius 3 is 3.00 bits per heavy atom. The van der Waals surface area contributed by atoms with Crippen LogP contribution in [0.1, 0.15) is 24.6 Å². The van der Waals surface area contributed by atoms with E-state index in [4.69, 9.17) is 22.1 Å². The normalized spacial score (nSPS) is 19.9. The number of nitrogen functional groups attached to an aromatic ring is 1. The van der Waals surface area contributed by atoms with Gasteiger partial charge in [-0.25, -0.2) is 9.97 Å². The molecule has 140 valence electrons. The summed E-state index contributed by atoms with van der Waals surface area (Å²) < 4.78 is 8.25. The van der Waals surface area contributed by atoms with Crippen molar-refractivity contribution >= 4 is 45.4 Å². The van der Waals surface area contributed by atoms with Crippen LogP contribution in [0.2, 0.25) is 5.02 Å². The number of rotatable bonds is 3. The minimum Gasteiger partial charge on any atom is -0.383 e. The first-order chi connectivity index (χ1) is 13.7. The number of aromatic nitrogens is 4. The molecule has 0 aliphatic carbocycles. The molecule has 7 heteroatoms. The van der Waals surface area contributed by atoms with Gasteiger partial charge in [0.05, 0.1) is 22.0 Å². The second kappa shape index (κ2) is 6.89. The van der Waals surface area contributed by atoms with Crippen LogP contribution in [-0.2, 0) is 4.74 Å². The zero-order valence-corrected chi connectivity index (χ0v) is 15.8. The maximum absolute atomic E-state index is 6.22. The van der Waals surface area contributed by atoms with Crippen LogP contribution in [0.25, 0.3) is 28.0 Å². The molecule has 4 heterocycles. The molecule has 0 amide bonds. The molecular formula is C21H18ClN5O. The predicted octanol–water partition coefficient (Wildman–Crippen LogP) is 4.61. The molecule has 5 rings (SSSR count). The van der Waals surface area contributed by atoms with Crippen molar-refractivity contribution in [2.75, 3.05) is 5.73 Å². The second-order valence-corrected chi connectivity index (χ2v) is 7.33. The fourth-order valence-corrected chi connectivity index (χ4v) is 3.81. The van der Waals surface area contributed by atoms with Crippen molar-refractivity contribution in [1.82, 2.24) is 19.5 Å². The van der Waals surface area contributed by atoms with Gasteiger partial charge in [0, 0.05) is 17.8 Å². The van der Waals surface area contributed by atoms with Crippen molar-refractivity contribution in [3.8, 4) is 0 Å². The Balaban J connectivity index is 1.33. The average Bonchev–Trinajstić information content (AvgIpc) is 3.33. The summed E-state index contributed by atoms with van der Waals surface area (Å²) in [6.07, 6.45) is 11.2. The molecule has 28 heavy (non-hydrogen) atoms. The Hall–Kier alpha value is -2.96. The molecule has 0 spiro atoms. The maximum atomic E-state index is 6.22. The third-order valence-electron chi connectivity index (χ3n) is 5.06. The number of pyridine rings is 1. The summed E-state index contributed by atoms with van der Waals surface area (Å²) in [6, 6.07) is 9.99. The molecule has 1 aromatic carbocycles. The lowest BCUT2D eigenvalue weighted by atomic mass is 10.1. The van der Waals surface area contributed by atoms with Gasteiger partial charge in [0.15, 0.2) is 0 Å². The molecule has 1 aliphatic rings. The summed E-state index contributed by atoms with van der Waals surface area (Å²) in [5.74, 6) is 0.490.